The molecule has 0 spiro atoms. The van der Waals surface area contributed by atoms with Crippen molar-refractivity contribution in [1.29, 1.82) is 0 Å². The minimum Gasteiger partial charge on any atom is -0.510 e. The molecule has 6 rings (SSSR count). The molecule has 0 aromatic carbocycles. The number of amides is 1. The molecule has 0 aromatic heterocycles. The van der Waals surface area contributed by atoms with E-state index in [1.165, 1.54) is 7.11 Å². The van der Waals surface area contributed by atoms with Gasteiger partial charge in [-0.3, -0.25) is 9.59 Å². The number of methoxy groups -OCH3 is 1. The van der Waals surface area contributed by atoms with Crippen molar-refractivity contribution in [2.75, 3.05) is 20.3 Å². The van der Waals surface area contributed by atoms with Crippen molar-refractivity contribution >= 4 is 29.0 Å². The van der Waals surface area contributed by atoms with Crippen LogP contribution in [0.4, 0.5) is 0 Å². The number of rotatable bonds is 12. The van der Waals surface area contributed by atoms with Crippen molar-refractivity contribution in [3.8, 4) is 0 Å². The summed E-state index contributed by atoms with van der Waals surface area (Å²) in [4.78, 5) is 41.8. The van der Waals surface area contributed by atoms with E-state index in [1.54, 1.807) is 0 Å². The van der Waals surface area contributed by atoms with E-state index in [-0.39, 0.29) is 36.5 Å². The first-order valence-electron chi connectivity index (χ1n) is 18.1. The predicted molar refractivity (Wildman–Crippen MR) is 201 cm³/mol. The molecule has 1 amide bonds. The Kier molecular flexibility index (Phi) is 10.4. The number of ether oxygens (including phenoxy) is 1. The summed E-state index contributed by atoms with van der Waals surface area (Å²) in [6, 6.07) is 0. The van der Waals surface area contributed by atoms with Crippen LogP contribution < -0.4 is 10.6 Å². The molecule has 1 fully saturated rings. The Bertz CT molecular complexity index is 1940. The number of nitrogens with one attached hydrogen (secondary N) is 2. The number of esters is 1. The lowest BCUT2D eigenvalue weighted by Crippen LogP contribution is -2.27. The molecule has 0 radical (unpaired) electrons. The van der Waals surface area contributed by atoms with Crippen LogP contribution in [0.5, 0.6) is 0 Å². The van der Waals surface area contributed by atoms with Gasteiger partial charge in [-0.15, -0.1) is 0 Å². The third kappa shape index (κ3) is 6.46. The SMILES string of the molecule is C=CC1=C(C)C2=NC1=CC1=NC(=CC3=C(C)C4=C(O)C(C(=O)OC)C(=C5NC(=C2)C(C)C5CCC(=O)NCCCCCCO)C4=N3)C(CC)=C1C. The highest BCUT2D eigenvalue weighted by molar-refractivity contribution is 6.24. The quantitative estimate of drug-likeness (QED) is 0.133. The number of carbonyl (C=O) groups is 2. The normalized spacial score (nSPS) is 23.7. The Balaban J connectivity index is 1.49. The van der Waals surface area contributed by atoms with Gasteiger partial charge < -0.3 is 25.6 Å². The summed E-state index contributed by atoms with van der Waals surface area (Å²) in [7, 11) is 1.32. The molecule has 0 aromatic rings. The molecule has 3 unspecified atom stereocenters. The molecular formula is C41H49N5O5. The highest BCUT2D eigenvalue weighted by atomic mass is 16.5. The number of carbonyl (C=O) groups excluding carboxylic acids is 2. The highest BCUT2D eigenvalue weighted by Gasteiger charge is 2.49. The average Bonchev–Trinajstić information content (AvgIpc) is 3.85. The third-order valence-corrected chi connectivity index (χ3v) is 11.0. The summed E-state index contributed by atoms with van der Waals surface area (Å²) >= 11 is 0. The Hall–Kier alpha value is -4.83. The third-order valence-electron chi connectivity index (χ3n) is 11.0. The van der Waals surface area contributed by atoms with Gasteiger partial charge in [0.2, 0.25) is 5.91 Å². The summed E-state index contributed by atoms with van der Waals surface area (Å²) < 4.78 is 5.26. The van der Waals surface area contributed by atoms with Crippen LogP contribution >= 0.6 is 0 Å². The number of fused-ring (bicyclic) bond motifs is 5. The summed E-state index contributed by atoms with van der Waals surface area (Å²) in [5.74, 6) is -2.03. The second kappa shape index (κ2) is 14.8. The van der Waals surface area contributed by atoms with Gasteiger partial charge in [-0.05, 0) is 87.0 Å². The Labute approximate surface area is 300 Å². The zero-order chi connectivity index (χ0) is 36.6. The lowest BCUT2D eigenvalue weighted by molar-refractivity contribution is -0.143. The number of aliphatic hydroxyl groups excluding tert-OH is 2. The second-order valence-corrected chi connectivity index (χ2v) is 13.9. The number of hydrogen-bond acceptors (Lipinski definition) is 9. The van der Waals surface area contributed by atoms with Crippen molar-refractivity contribution in [1.82, 2.24) is 10.6 Å². The number of nitrogens with zero attached hydrogens (tertiary/aromatic N) is 3. The lowest BCUT2D eigenvalue weighted by atomic mass is 9.84. The van der Waals surface area contributed by atoms with Gasteiger partial charge in [-0.25, -0.2) is 15.0 Å². The van der Waals surface area contributed by atoms with E-state index in [4.69, 9.17) is 24.8 Å². The topological polar surface area (TPSA) is 145 Å². The molecule has 1 aliphatic carbocycles. The van der Waals surface area contributed by atoms with E-state index in [1.807, 2.05) is 38.2 Å². The number of unbranched alkanes of at least 4 members (excludes halogenated alkanes) is 3. The Morgan fingerprint density at radius 3 is 2.43 bits per heavy atom. The van der Waals surface area contributed by atoms with Crippen LogP contribution in [0.15, 0.2) is 119 Å². The average molecular weight is 692 g/mol. The molecule has 10 heteroatoms. The number of allylic oxidation sites excluding steroid dienone is 11. The van der Waals surface area contributed by atoms with Crippen molar-refractivity contribution in [3.05, 3.63) is 104 Å². The van der Waals surface area contributed by atoms with E-state index in [0.29, 0.717) is 35.5 Å². The minimum atomic E-state index is -1.06. The molecule has 5 aliphatic heterocycles. The first kappa shape index (κ1) is 36.0. The number of hydrogen-bond donors (Lipinski definition) is 4. The maximum atomic E-state index is 13.5. The van der Waals surface area contributed by atoms with Gasteiger partial charge in [-0.1, -0.05) is 39.3 Å². The van der Waals surface area contributed by atoms with Crippen molar-refractivity contribution < 1.29 is 24.5 Å². The van der Waals surface area contributed by atoms with Gasteiger partial charge in [0, 0.05) is 59.5 Å². The van der Waals surface area contributed by atoms with Crippen molar-refractivity contribution in [3.63, 3.8) is 0 Å². The fourth-order valence-corrected chi connectivity index (χ4v) is 7.97. The van der Waals surface area contributed by atoms with Gasteiger partial charge in [0.25, 0.3) is 0 Å². The second-order valence-electron chi connectivity index (χ2n) is 13.9. The van der Waals surface area contributed by atoms with E-state index in [0.717, 1.165) is 94.2 Å². The van der Waals surface area contributed by atoms with E-state index >= 15 is 0 Å². The van der Waals surface area contributed by atoms with Gasteiger partial charge >= 0.3 is 5.97 Å². The van der Waals surface area contributed by atoms with Gasteiger partial charge in [-0.2, -0.15) is 0 Å². The first-order chi connectivity index (χ1) is 24.5. The van der Waals surface area contributed by atoms with Crippen molar-refractivity contribution in [2.45, 2.75) is 79.6 Å². The minimum absolute atomic E-state index is 0.0394. The van der Waals surface area contributed by atoms with E-state index < -0.39 is 11.9 Å². The largest absolute Gasteiger partial charge is 0.510 e. The molecule has 268 valence electrons. The summed E-state index contributed by atoms with van der Waals surface area (Å²) in [6.45, 7) is 15.1. The van der Waals surface area contributed by atoms with Crippen LogP contribution in [0.25, 0.3) is 0 Å². The lowest BCUT2D eigenvalue weighted by Gasteiger charge is -2.20. The van der Waals surface area contributed by atoms with E-state index in [2.05, 4.69) is 38.0 Å². The summed E-state index contributed by atoms with van der Waals surface area (Å²) in [5, 5.41) is 27.5. The molecule has 1 saturated heterocycles. The maximum absolute atomic E-state index is 13.5. The molecule has 10 nitrogen and oxygen atoms in total. The molecule has 0 saturated carbocycles. The molecule has 6 aliphatic rings. The summed E-state index contributed by atoms with van der Waals surface area (Å²) in [6.07, 6.45) is 12.9. The van der Waals surface area contributed by atoms with Crippen LogP contribution in [-0.2, 0) is 14.3 Å². The fourth-order valence-electron chi connectivity index (χ4n) is 7.97. The van der Waals surface area contributed by atoms with Crippen LogP contribution in [0.2, 0.25) is 0 Å². The zero-order valence-electron chi connectivity index (χ0n) is 30.6. The van der Waals surface area contributed by atoms with Crippen LogP contribution in [0.1, 0.15) is 79.6 Å². The van der Waals surface area contributed by atoms with Crippen LogP contribution in [0.3, 0.4) is 0 Å². The molecular weight excluding hydrogens is 642 g/mol. The Morgan fingerprint density at radius 1 is 1.00 bits per heavy atom. The molecule has 51 heavy (non-hydrogen) atoms. The van der Waals surface area contributed by atoms with Gasteiger partial charge in [0.05, 0.1) is 41.3 Å². The number of aliphatic imine (C=N–C) groups is 3. The highest BCUT2D eigenvalue weighted by Crippen LogP contribution is 2.49. The summed E-state index contributed by atoms with van der Waals surface area (Å²) in [5.41, 5.74) is 12.1. The van der Waals surface area contributed by atoms with Gasteiger partial charge in [0.15, 0.2) is 0 Å². The van der Waals surface area contributed by atoms with Gasteiger partial charge in [0.1, 0.15) is 11.7 Å². The molecule has 4 N–H and O–H groups in total. The van der Waals surface area contributed by atoms with Crippen molar-refractivity contribution in [2.24, 2.45) is 32.7 Å². The van der Waals surface area contributed by atoms with Crippen LogP contribution in [0, 0.1) is 17.8 Å². The molecule has 5 heterocycles. The van der Waals surface area contributed by atoms with Crippen LogP contribution in [-0.4, -0.2) is 59.5 Å². The maximum Gasteiger partial charge on any atom is 0.321 e. The predicted octanol–water partition coefficient (Wildman–Crippen LogP) is 6.69. The first-order valence-corrected chi connectivity index (χ1v) is 18.1. The Morgan fingerprint density at radius 2 is 1.73 bits per heavy atom. The molecule has 8 bridgehead atoms. The monoisotopic (exact) mass is 691 g/mol. The fraction of sp³-hybridized carbons (Fsp3) is 0.439. The zero-order valence-corrected chi connectivity index (χ0v) is 30.6. The standard InChI is InChI=1S/C41H49N5O5/c1-8-25-21(3)28-18-30-23(5)27(14-15-34(48)42-16-12-10-11-13-17-47)38(45-30)36-37(41(50)51-7)40(49)35-24(6)31(46-39(35)36)20-33-26(9-2)22(4)29(44-33)19-32(25)43-28/h8,18-20,23,27,37,45,47,49H,1,9-17H2,2-7H3,(H,42,48). The molecule has 3 atom stereocenters. The smallest absolute Gasteiger partial charge is 0.321 e. The number of aliphatic hydroxyl groups is 2. The van der Waals surface area contributed by atoms with E-state index in [9.17, 15) is 14.7 Å².